The first-order chi connectivity index (χ1) is 9.25. The number of carbonyl (C=O) groups excluding carboxylic acids is 1. The van der Waals surface area contributed by atoms with Gasteiger partial charge in [-0.15, -0.1) is 11.3 Å². The van der Waals surface area contributed by atoms with Gasteiger partial charge in [-0.25, -0.2) is 9.97 Å². The van der Waals surface area contributed by atoms with Gasteiger partial charge >= 0.3 is 0 Å². The fraction of sp³-hybridized carbons (Fsp3) is 0. The molecule has 0 bridgehead atoms. The zero-order valence-electron chi connectivity index (χ0n) is 9.63. The number of pyridine rings is 1. The Morgan fingerprint density at radius 2 is 2.00 bits per heavy atom. The van der Waals surface area contributed by atoms with Gasteiger partial charge < -0.3 is 0 Å². The van der Waals surface area contributed by atoms with Gasteiger partial charge in [0.05, 0.1) is 5.56 Å². The van der Waals surface area contributed by atoms with E-state index in [2.05, 4.69) is 15.3 Å². The lowest BCUT2D eigenvalue weighted by atomic mass is 10.1. The minimum absolute atomic E-state index is 0.240. The normalized spacial score (nSPS) is 10.6. The molecule has 0 saturated carbocycles. The lowest BCUT2D eigenvalue weighted by molar-refractivity contribution is 0.102. The van der Waals surface area contributed by atoms with Crippen LogP contribution in [-0.4, -0.2) is 15.9 Å². The van der Waals surface area contributed by atoms with Crippen molar-refractivity contribution in [2.24, 2.45) is 0 Å². The van der Waals surface area contributed by atoms with Gasteiger partial charge in [-0.3, -0.25) is 10.1 Å². The average Bonchev–Trinajstić information content (AvgIpc) is 2.92. The van der Waals surface area contributed by atoms with Crippen LogP contribution in [0.5, 0.6) is 0 Å². The Morgan fingerprint density at radius 3 is 2.74 bits per heavy atom. The third-order valence-electron chi connectivity index (χ3n) is 2.64. The number of aromatic nitrogens is 2. The molecule has 0 radical (unpaired) electrons. The summed E-state index contributed by atoms with van der Waals surface area (Å²) < 4.78 is 0. The highest BCUT2D eigenvalue weighted by Crippen LogP contribution is 2.25. The van der Waals surface area contributed by atoms with E-state index < -0.39 is 0 Å². The van der Waals surface area contributed by atoms with Crippen molar-refractivity contribution in [3.05, 3.63) is 52.8 Å². The van der Waals surface area contributed by atoms with Crippen molar-refractivity contribution in [1.82, 2.24) is 9.97 Å². The largest absolute Gasteiger partial charge is 0.298 e. The van der Waals surface area contributed by atoms with Crippen LogP contribution in [0.1, 0.15) is 10.4 Å². The number of amides is 1. The number of halogens is 1. The summed E-state index contributed by atoms with van der Waals surface area (Å²) in [6.45, 7) is 0. The Hall–Kier alpha value is -1.98. The van der Waals surface area contributed by atoms with Crippen LogP contribution in [0.4, 0.5) is 5.13 Å². The van der Waals surface area contributed by atoms with Gasteiger partial charge in [0.15, 0.2) is 5.13 Å². The molecule has 0 aliphatic rings. The number of nitrogens with one attached hydrogen (secondary N) is 1. The third-order valence-corrected chi connectivity index (χ3v) is 3.63. The maximum absolute atomic E-state index is 12.2. The number of benzene rings is 1. The van der Waals surface area contributed by atoms with Crippen molar-refractivity contribution in [2.75, 3.05) is 5.32 Å². The number of fused-ring (bicyclic) bond motifs is 1. The van der Waals surface area contributed by atoms with Crippen LogP contribution < -0.4 is 5.32 Å². The van der Waals surface area contributed by atoms with Crippen LogP contribution in [0.2, 0.25) is 5.15 Å². The predicted molar refractivity (Wildman–Crippen MR) is 76.8 cm³/mol. The maximum atomic E-state index is 12.2. The summed E-state index contributed by atoms with van der Waals surface area (Å²) in [4.78, 5) is 20.3. The van der Waals surface area contributed by atoms with Crippen molar-refractivity contribution in [3.63, 3.8) is 0 Å². The number of rotatable bonds is 2. The second kappa shape index (κ2) is 4.95. The summed E-state index contributed by atoms with van der Waals surface area (Å²) in [6, 6.07) is 7.40. The summed E-state index contributed by atoms with van der Waals surface area (Å²) in [7, 11) is 0. The summed E-state index contributed by atoms with van der Waals surface area (Å²) >= 11 is 7.39. The van der Waals surface area contributed by atoms with Crippen LogP contribution in [-0.2, 0) is 0 Å². The Bertz CT molecular complexity index is 743. The van der Waals surface area contributed by atoms with Gasteiger partial charge in [0.2, 0.25) is 0 Å². The van der Waals surface area contributed by atoms with Crippen molar-refractivity contribution >= 4 is 44.7 Å². The van der Waals surface area contributed by atoms with E-state index >= 15 is 0 Å². The van der Waals surface area contributed by atoms with Gasteiger partial charge in [-0.2, -0.15) is 0 Å². The molecule has 94 valence electrons. The zero-order chi connectivity index (χ0) is 13.2. The fourth-order valence-corrected chi connectivity index (χ4v) is 2.53. The highest BCUT2D eigenvalue weighted by Gasteiger charge is 2.13. The van der Waals surface area contributed by atoms with Crippen LogP contribution in [0.15, 0.2) is 42.0 Å². The van der Waals surface area contributed by atoms with Crippen molar-refractivity contribution in [2.45, 2.75) is 0 Å². The second-order valence-electron chi connectivity index (χ2n) is 3.80. The molecule has 0 unspecified atom stereocenters. The molecule has 1 aromatic carbocycles. The van der Waals surface area contributed by atoms with E-state index in [1.165, 1.54) is 17.5 Å². The topological polar surface area (TPSA) is 54.9 Å². The van der Waals surface area contributed by atoms with Crippen molar-refractivity contribution in [3.8, 4) is 0 Å². The molecule has 4 nitrogen and oxygen atoms in total. The van der Waals surface area contributed by atoms with E-state index in [0.717, 1.165) is 10.8 Å². The monoisotopic (exact) mass is 289 g/mol. The Kier molecular flexibility index (Phi) is 3.15. The highest BCUT2D eigenvalue weighted by atomic mass is 35.5. The SMILES string of the molecule is O=C(Nc1nccs1)c1cnc(Cl)c2ccccc12. The van der Waals surface area contributed by atoms with Gasteiger partial charge in [0.1, 0.15) is 5.15 Å². The van der Waals surface area contributed by atoms with Gasteiger partial charge in [-0.05, 0) is 5.39 Å². The van der Waals surface area contributed by atoms with E-state index in [1.807, 2.05) is 24.3 Å². The molecule has 6 heteroatoms. The molecule has 2 aromatic heterocycles. The molecule has 0 spiro atoms. The Balaban J connectivity index is 2.05. The number of carbonyl (C=O) groups is 1. The fourth-order valence-electron chi connectivity index (χ4n) is 1.79. The number of hydrogen-bond donors (Lipinski definition) is 1. The predicted octanol–water partition coefficient (Wildman–Crippen LogP) is 3.60. The first kappa shape index (κ1) is 12.1. The van der Waals surface area contributed by atoms with E-state index in [0.29, 0.717) is 15.8 Å². The molecule has 0 atom stereocenters. The minimum Gasteiger partial charge on any atom is -0.298 e. The molecular weight excluding hydrogens is 282 g/mol. The first-order valence-electron chi connectivity index (χ1n) is 5.50. The van der Waals surface area contributed by atoms with Crippen molar-refractivity contribution in [1.29, 1.82) is 0 Å². The van der Waals surface area contributed by atoms with Gasteiger partial charge in [0.25, 0.3) is 5.91 Å². The zero-order valence-corrected chi connectivity index (χ0v) is 11.2. The lowest BCUT2D eigenvalue weighted by Gasteiger charge is -2.06. The summed E-state index contributed by atoms with van der Waals surface area (Å²) in [5, 5.41) is 7.02. The standard InChI is InChI=1S/C13H8ClN3OS/c14-11-9-4-2-1-3-8(9)10(7-16-11)12(18)17-13-15-5-6-19-13/h1-7H,(H,15,17,18). The Morgan fingerprint density at radius 1 is 1.21 bits per heavy atom. The summed E-state index contributed by atoms with van der Waals surface area (Å²) in [6.07, 6.45) is 3.12. The van der Waals surface area contributed by atoms with Crippen LogP contribution in [0.3, 0.4) is 0 Å². The molecule has 3 rings (SSSR count). The summed E-state index contributed by atoms with van der Waals surface area (Å²) in [5.74, 6) is -0.240. The molecule has 0 saturated heterocycles. The lowest BCUT2D eigenvalue weighted by Crippen LogP contribution is -2.12. The molecule has 19 heavy (non-hydrogen) atoms. The number of hydrogen-bond acceptors (Lipinski definition) is 4. The quantitative estimate of drug-likeness (QED) is 0.733. The number of thiazole rings is 1. The molecule has 0 aliphatic heterocycles. The molecule has 0 aliphatic carbocycles. The molecule has 1 N–H and O–H groups in total. The minimum atomic E-state index is -0.240. The molecular formula is C13H8ClN3OS. The smallest absolute Gasteiger partial charge is 0.259 e. The molecule has 3 aromatic rings. The highest BCUT2D eigenvalue weighted by molar-refractivity contribution is 7.13. The van der Waals surface area contributed by atoms with Crippen LogP contribution in [0.25, 0.3) is 10.8 Å². The molecule has 2 heterocycles. The number of nitrogens with zero attached hydrogens (tertiary/aromatic N) is 2. The maximum Gasteiger partial charge on any atom is 0.259 e. The third kappa shape index (κ3) is 2.30. The Labute approximate surface area is 118 Å². The van der Waals surface area contributed by atoms with E-state index in [-0.39, 0.29) is 5.91 Å². The van der Waals surface area contributed by atoms with E-state index in [4.69, 9.17) is 11.6 Å². The van der Waals surface area contributed by atoms with Gasteiger partial charge in [-0.1, -0.05) is 35.9 Å². The molecule has 0 fully saturated rings. The average molecular weight is 290 g/mol. The van der Waals surface area contributed by atoms with Crippen LogP contribution >= 0.6 is 22.9 Å². The van der Waals surface area contributed by atoms with Crippen molar-refractivity contribution < 1.29 is 4.79 Å². The van der Waals surface area contributed by atoms with Crippen LogP contribution in [0, 0.1) is 0 Å². The molecule has 1 amide bonds. The van der Waals surface area contributed by atoms with E-state index in [9.17, 15) is 4.79 Å². The van der Waals surface area contributed by atoms with E-state index in [1.54, 1.807) is 11.6 Å². The van der Waals surface area contributed by atoms with Gasteiger partial charge in [0, 0.05) is 23.2 Å². The summed E-state index contributed by atoms with van der Waals surface area (Å²) in [5.41, 5.74) is 0.482. The number of anilines is 1. The first-order valence-corrected chi connectivity index (χ1v) is 6.75. The second-order valence-corrected chi connectivity index (χ2v) is 5.05.